The smallest absolute Gasteiger partial charge is 0.251 e. The molecular weight excluding hydrogens is 354 g/mol. The fraction of sp³-hybridized carbons (Fsp3) is 0.318. The fourth-order valence-corrected chi connectivity index (χ4v) is 3.58. The number of carbonyl (C=O) groups excluding carboxylic acids is 1. The Morgan fingerprint density at radius 1 is 1.00 bits per heavy atom. The third-order valence-electron chi connectivity index (χ3n) is 5.11. The maximum Gasteiger partial charge on any atom is 0.251 e. The molecule has 6 heteroatoms. The molecule has 0 aliphatic heterocycles. The van der Waals surface area contributed by atoms with Crippen LogP contribution in [-0.2, 0) is 0 Å². The van der Waals surface area contributed by atoms with E-state index in [-0.39, 0.29) is 18.1 Å². The molecule has 0 spiro atoms. The van der Waals surface area contributed by atoms with Gasteiger partial charge in [0.1, 0.15) is 6.10 Å². The molecular formula is C22H23N3O3. The van der Waals surface area contributed by atoms with Crippen molar-refractivity contribution in [2.75, 3.05) is 7.11 Å². The molecule has 1 heterocycles. The molecule has 6 nitrogen and oxygen atoms in total. The van der Waals surface area contributed by atoms with E-state index in [0.717, 1.165) is 36.5 Å². The molecule has 0 unspecified atom stereocenters. The van der Waals surface area contributed by atoms with Crippen LogP contribution in [0.1, 0.15) is 36.0 Å². The van der Waals surface area contributed by atoms with Crippen LogP contribution in [0.4, 0.5) is 0 Å². The number of methoxy groups -OCH3 is 1. The SMILES string of the molecule is COc1cncc(OC2CCC(NC(=O)c3ccc4ccccc4c3)CC2)n1. The van der Waals surface area contributed by atoms with Crippen LogP contribution in [0.15, 0.2) is 54.9 Å². The van der Waals surface area contributed by atoms with Gasteiger partial charge < -0.3 is 14.8 Å². The van der Waals surface area contributed by atoms with Crippen LogP contribution in [0.2, 0.25) is 0 Å². The summed E-state index contributed by atoms with van der Waals surface area (Å²) in [5.41, 5.74) is 0.698. The third-order valence-corrected chi connectivity index (χ3v) is 5.11. The first kappa shape index (κ1) is 18.2. The maximum atomic E-state index is 12.6. The number of aromatic nitrogens is 2. The number of carbonyl (C=O) groups is 1. The number of hydrogen-bond donors (Lipinski definition) is 1. The van der Waals surface area contributed by atoms with Crippen molar-refractivity contribution in [2.24, 2.45) is 0 Å². The van der Waals surface area contributed by atoms with Gasteiger partial charge in [-0.1, -0.05) is 30.3 Å². The molecule has 2 aromatic carbocycles. The predicted octanol–water partition coefficient (Wildman–Crippen LogP) is 3.76. The predicted molar refractivity (Wildman–Crippen MR) is 107 cm³/mol. The van der Waals surface area contributed by atoms with E-state index in [2.05, 4.69) is 15.3 Å². The van der Waals surface area contributed by atoms with Crippen molar-refractivity contribution in [3.05, 3.63) is 60.4 Å². The number of fused-ring (bicyclic) bond motifs is 1. The highest BCUT2D eigenvalue weighted by Crippen LogP contribution is 2.24. The van der Waals surface area contributed by atoms with Crippen molar-refractivity contribution >= 4 is 16.7 Å². The molecule has 0 saturated heterocycles. The highest BCUT2D eigenvalue weighted by Gasteiger charge is 2.24. The Morgan fingerprint density at radius 3 is 2.54 bits per heavy atom. The summed E-state index contributed by atoms with van der Waals surface area (Å²) in [4.78, 5) is 20.9. The molecule has 1 N–H and O–H groups in total. The number of amides is 1. The fourth-order valence-electron chi connectivity index (χ4n) is 3.58. The molecule has 1 fully saturated rings. The van der Waals surface area contributed by atoms with Gasteiger partial charge in [0.25, 0.3) is 5.91 Å². The monoisotopic (exact) mass is 377 g/mol. The minimum atomic E-state index is -0.0196. The topological polar surface area (TPSA) is 73.3 Å². The highest BCUT2D eigenvalue weighted by molar-refractivity contribution is 5.98. The zero-order valence-corrected chi connectivity index (χ0v) is 15.8. The second-order valence-electron chi connectivity index (χ2n) is 7.03. The van der Waals surface area contributed by atoms with Crippen LogP contribution < -0.4 is 14.8 Å². The van der Waals surface area contributed by atoms with Crippen LogP contribution >= 0.6 is 0 Å². The number of nitrogens with one attached hydrogen (secondary N) is 1. The molecule has 1 amide bonds. The Labute approximate surface area is 163 Å². The third kappa shape index (κ3) is 4.22. The lowest BCUT2D eigenvalue weighted by Crippen LogP contribution is -2.39. The molecule has 0 radical (unpaired) electrons. The quantitative estimate of drug-likeness (QED) is 0.733. The van der Waals surface area contributed by atoms with Crippen LogP contribution in [0, 0.1) is 0 Å². The minimum absolute atomic E-state index is 0.0196. The molecule has 1 aliphatic rings. The number of hydrogen-bond acceptors (Lipinski definition) is 5. The zero-order valence-electron chi connectivity index (χ0n) is 15.8. The zero-order chi connectivity index (χ0) is 19.3. The molecule has 3 aromatic rings. The van der Waals surface area contributed by atoms with E-state index in [1.165, 1.54) is 0 Å². The largest absolute Gasteiger partial charge is 0.480 e. The maximum absolute atomic E-state index is 12.6. The van der Waals surface area contributed by atoms with Gasteiger partial charge in [-0.15, -0.1) is 0 Å². The Morgan fingerprint density at radius 2 is 1.75 bits per heavy atom. The normalized spacial score (nSPS) is 19.2. The average Bonchev–Trinajstić information content (AvgIpc) is 2.75. The van der Waals surface area contributed by atoms with Crippen LogP contribution in [0.3, 0.4) is 0 Å². The first-order valence-corrected chi connectivity index (χ1v) is 9.53. The van der Waals surface area contributed by atoms with Crippen molar-refractivity contribution in [3.63, 3.8) is 0 Å². The van der Waals surface area contributed by atoms with E-state index in [1.54, 1.807) is 19.5 Å². The van der Waals surface area contributed by atoms with Gasteiger partial charge in [-0.3, -0.25) is 9.78 Å². The lowest BCUT2D eigenvalue weighted by Gasteiger charge is -2.29. The van der Waals surface area contributed by atoms with Crippen molar-refractivity contribution in [2.45, 2.75) is 37.8 Å². The number of benzene rings is 2. The van der Waals surface area contributed by atoms with Crippen molar-refractivity contribution < 1.29 is 14.3 Å². The van der Waals surface area contributed by atoms with Gasteiger partial charge in [0, 0.05) is 11.6 Å². The summed E-state index contributed by atoms with van der Waals surface area (Å²) in [5.74, 6) is 0.894. The van der Waals surface area contributed by atoms with Gasteiger partial charge in [-0.2, -0.15) is 4.98 Å². The molecule has 144 valence electrons. The van der Waals surface area contributed by atoms with Crippen LogP contribution in [0.25, 0.3) is 10.8 Å². The molecule has 0 bridgehead atoms. The van der Waals surface area contributed by atoms with Gasteiger partial charge in [0.15, 0.2) is 0 Å². The van der Waals surface area contributed by atoms with Crippen LogP contribution in [-0.4, -0.2) is 35.1 Å². The molecule has 1 aliphatic carbocycles. The lowest BCUT2D eigenvalue weighted by atomic mass is 9.92. The van der Waals surface area contributed by atoms with E-state index in [1.807, 2.05) is 42.5 Å². The van der Waals surface area contributed by atoms with Gasteiger partial charge >= 0.3 is 0 Å². The summed E-state index contributed by atoms with van der Waals surface area (Å²) in [7, 11) is 1.55. The molecule has 0 atom stereocenters. The summed E-state index contributed by atoms with van der Waals surface area (Å²) in [6.45, 7) is 0. The molecule has 1 saturated carbocycles. The Bertz CT molecular complexity index is 968. The Balaban J connectivity index is 1.31. The first-order valence-electron chi connectivity index (χ1n) is 9.53. The molecule has 4 rings (SSSR count). The first-order chi connectivity index (χ1) is 13.7. The standard InChI is InChI=1S/C22H23N3O3/c1-27-20-13-23-14-21(25-20)28-19-10-8-18(9-11-19)24-22(26)17-7-6-15-4-2-3-5-16(15)12-17/h2-7,12-14,18-19H,8-11H2,1H3,(H,24,26). The summed E-state index contributed by atoms with van der Waals surface area (Å²) < 4.78 is 11.0. The van der Waals surface area contributed by atoms with Crippen molar-refractivity contribution in [3.8, 4) is 11.8 Å². The summed E-state index contributed by atoms with van der Waals surface area (Å²) >= 11 is 0. The van der Waals surface area contributed by atoms with Crippen LogP contribution in [0.5, 0.6) is 11.8 Å². The second-order valence-corrected chi connectivity index (χ2v) is 7.03. The van der Waals surface area contributed by atoms with Crippen molar-refractivity contribution in [1.82, 2.24) is 15.3 Å². The summed E-state index contributed by atoms with van der Waals surface area (Å²) in [5, 5.41) is 5.37. The Kier molecular flexibility index (Phi) is 5.37. The van der Waals surface area contributed by atoms with Gasteiger partial charge in [0.05, 0.1) is 19.5 Å². The summed E-state index contributed by atoms with van der Waals surface area (Å²) in [6, 6.07) is 14.0. The van der Waals surface area contributed by atoms with Gasteiger partial charge in [-0.05, 0) is 48.6 Å². The average molecular weight is 377 g/mol. The lowest BCUT2D eigenvalue weighted by molar-refractivity contribution is 0.0889. The van der Waals surface area contributed by atoms with Gasteiger partial charge in [-0.25, -0.2) is 0 Å². The van der Waals surface area contributed by atoms with E-state index in [4.69, 9.17) is 9.47 Å². The highest BCUT2D eigenvalue weighted by atomic mass is 16.5. The molecule has 1 aromatic heterocycles. The number of rotatable bonds is 5. The Hall–Kier alpha value is -3.15. The van der Waals surface area contributed by atoms with E-state index < -0.39 is 0 Å². The van der Waals surface area contributed by atoms with E-state index >= 15 is 0 Å². The van der Waals surface area contributed by atoms with Crippen molar-refractivity contribution in [1.29, 1.82) is 0 Å². The molecule has 28 heavy (non-hydrogen) atoms. The van der Waals surface area contributed by atoms with E-state index in [9.17, 15) is 4.79 Å². The second kappa shape index (κ2) is 8.25. The minimum Gasteiger partial charge on any atom is -0.480 e. The summed E-state index contributed by atoms with van der Waals surface area (Å²) in [6.07, 6.45) is 6.70. The van der Waals surface area contributed by atoms with E-state index in [0.29, 0.717) is 17.3 Å². The number of nitrogens with zero attached hydrogens (tertiary/aromatic N) is 2. The number of ether oxygens (including phenoxy) is 2. The van der Waals surface area contributed by atoms with Gasteiger partial charge in [0.2, 0.25) is 11.8 Å².